The molecule has 3 amide bonds. The zero-order valence-electron chi connectivity index (χ0n) is 18.6. The van der Waals surface area contributed by atoms with Gasteiger partial charge in [0.05, 0.1) is 57.2 Å². The number of nitrogens with one attached hydrogen (secondary N) is 2. The van der Waals surface area contributed by atoms with Crippen LogP contribution in [0.5, 0.6) is 0 Å². The highest BCUT2D eigenvalue weighted by molar-refractivity contribution is 6.32. The Balaban J connectivity index is 1.44. The lowest BCUT2D eigenvalue weighted by Crippen LogP contribution is -2.56. The quantitative estimate of drug-likeness (QED) is 0.562. The van der Waals surface area contributed by atoms with E-state index in [1.54, 1.807) is 20.8 Å². The third-order valence-electron chi connectivity index (χ3n) is 7.25. The fraction of sp³-hybridized carbons (Fsp3) is 0.435. The van der Waals surface area contributed by atoms with Crippen LogP contribution in [0.15, 0.2) is 24.3 Å². The van der Waals surface area contributed by atoms with E-state index in [0.717, 1.165) is 4.90 Å². The molecule has 176 valence electrons. The lowest BCUT2D eigenvalue weighted by Gasteiger charge is -2.35. The van der Waals surface area contributed by atoms with Crippen LogP contribution in [0.3, 0.4) is 0 Å². The number of halogens is 1. The summed E-state index contributed by atoms with van der Waals surface area (Å²) in [5.41, 5.74) is -1.02. The number of carbonyl (C=O) groups excluding carboxylic acids is 3. The monoisotopic (exact) mass is 483 g/mol. The van der Waals surface area contributed by atoms with Gasteiger partial charge in [-0.25, -0.2) is 4.90 Å². The summed E-state index contributed by atoms with van der Waals surface area (Å²) in [7, 11) is 0. The zero-order chi connectivity index (χ0) is 24.6. The number of aliphatic hydroxyl groups excluding tert-OH is 1. The molecule has 3 N–H and O–H groups in total. The lowest BCUT2D eigenvalue weighted by atomic mass is 9.66. The third kappa shape index (κ3) is 3.01. The highest BCUT2D eigenvalue weighted by atomic mass is 35.5. The number of amides is 3. The van der Waals surface area contributed by atoms with E-state index < -0.39 is 47.0 Å². The first-order valence-electron chi connectivity index (χ1n) is 10.8. The van der Waals surface area contributed by atoms with E-state index in [1.165, 1.54) is 24.3 Å². The topological polar surface area (TPSA) is 148 Å². The first-order valence-corrected chi connectivity index (χ1v) is 11.2. The van der Waals surface area contributed by atoms with Gasteiger partial charge in [0.15, 0.2) is 0 Å². The predicted molar refractivity (Wildman–Crippen MR) is 119 cm³/mol. The molecular weight excluding hydrogens is 462 g/mol. The van der Waals surface area contributed by atoms with Gasteiger partial charge in [0.1, 0.15) is 11.8 Å². The molecule has 5 rings (SSSR count). The third-order valence-corrected chi connectivity index (χ3v) is 7.57. The van der Waals surface area contributed by atoms with Crippen LogP contribution in [0, 0.1) is 23.2 Å². The fourth-order valence-corrected chi connectivity index (χ4v) is 5.85. The van der Waals surface area contributed by atoms with Crippen molar-refractivity contribution in [3.8, 4) is 6.07 Å². The van der Waals surface area contributed by atoms with E-state index in [4.69, 9.17) is 21.6 Å². The number of aromatic amines is 1. The van der Waals surface area contributed by atoms with Crippen LogP contribution in [0.4, 0.5) is 5.69 Å². The maximum Gasteiger partial charge on any atom is 0.272 e. The Morgan fingerprint density at radius 2 is 2.06 bits per heavy atom. The molecule has 11 heteroatoms. The van der Waals surface area contributed by atoms with Crippen molar-refractivity contribution in [2.45, 2.75) is 50.5 Å². The largest absolute Gasteiger partial charge is 0.387 e. The molecule has 3 aliphatic rings. The summed E-state index contributed by atoms with van der Waals surface area (Å²) in [4.78, 5) is 40.9. The Labute approximate surface area is 199 Å². The first-order chi connectivity index (χ1) is 16.0. The summed E-state index contributed by atoms with van der Waals surface area (Å²) < 4.78 is 6.27. The number of anilines is 1. The van der Waals surface area contributed by atoms with E-state index in [9.17, 15) is 19.5 Å². The molecule has 1 unspecified atom stereocenters. The van der Waals surface area contributed by atoms with Crippen molar-refractivity contribution in [2.24, 2.45) is 11.8 Å². The molecule has 0 radical (unpaired) electrons. The maximum absolute atomic E-state index is 13.5. The molecule has 3 aliphatic heterocycles. The van der Waals surface area contributed by atoms with E-state index in [0.29, 0.717) is 17.8 Å². The number of aliphatic hydroxyl groups is 1. The summed E-state index contributed by atoms with van der Waals surface area (Å²) in [5.74, 6) is -2.80. The van der Waals surface area contributed by atoms with Crippen molar-refractivity contribution in [1.29, 1.82) is 5.26 Å². The number of hydrogen-bond donors (Lipinski definition) is 3. The summed E-state index contributed by atoms with van der Waals surface area (Å²) in [6.07, 6.45) is -0.466. The smallest absolute Gasteiger partial charge is 0.272 e. The second kappa shape index (κ2) is 7.37. The second-order valence-electron chi connectivity index (χ2n) is 9.46. The number of benzene rings is 1. The minimum atomic E-state index is -1.11. The molecule has 1 aromatic carbocycles. The summed E-state index contributed by atoms with van der Waals surface area (Å²) in [5, 5.41) is 28.4. The zero-order valence-corrected chi connectivity index (χ0v) is 19.4. The fourth-order valence-electron chi connectivity index (χ4n) is 5.64. The molecule has 3 saturated heterocycles. The molecule has 6 atom stereocenters. The number of hydrogen-bond acceptors (Lipinski definition) is 7. The van der Waals surface area contributed by atoms with Crippen LogP contribution in [-0.4, -0.2) is 50.3 Å². The van der Waals surface area contributed by atoms with Gasteiger partial charge in [0.2, 0.25) is 11.8 Å². The molecule has 2 bridgehead atoms. The minimum Gasteiger partial charge on any atom is -0.387 e. The van der Waals surface area contributed by atoms with Crippen LogP contribution in [0.25, 0.3) is 0 Å². The first kappa shape index (κ1) is 22.5. The normalized spacial score (nSPS) is 32.6. The Kier molecular flexibility index (Phi) is 4.88. The molecular formula is C23H22ClN5O5. The molecule has 1 aromatic heterocycles. The van der Waals surface area contributed by atoms with Crippen molar-refractivity contribution >= 4 is 35.0 Å². The average Bonchev–Trinajstić information content (AvgIpc) is 3.47. The summed E-state index contributed by atoms with van der Waals surface area (Å²) in [6, 6.07) is 7.29. The van der Waals surface area contributed by atoms with Gasteiger partial charge in [-0.2, -0.15) is 10.4 Å². The number of nitrogens with zero attached hydrogens (tertiary/aromatic N) is 3. The lowest BCUT2D eigenvalue weighted by molar-refractivity contribution is -0.129. The number of carbonyl (C=O) groups is 3. The van der Waals surface area contributed by atoms with E-state index >= 15 is 0 Å². The highest BCUT2D eigenvalue weighted by Crippen LogP contribution is 2.61. The van der Waals surface area contributed by atoms with Crippen molar-refractivity contribution in [1.82, 2.24) is 15.5 Å². The minimum absolute atomic E-state index is 0.103. The van der Waals surface area contributed by atoms with Crippen molar-refractivity contribution in [2.75, 3.05) is 4.90 Å². The Hall–Kier alpha value is -3.26. The molecule has 34 heavy (non-hydrogen) atoms. The second-order valence-corrected chi connectivity index (χ2v) is 9.86. The number of nitriles is 1. The number of H-pyrrole nitrogens is 1. The van der Waals surface area contributed by atoms with Gasteiger partial charge in [-0.1, -0.05) is 11.6 Å². The van der Waals surface area contributed by atoms with E-state index in [-0.39, 0.29) is 22.2 Å². The number of fused-ring (bicyclic) bond motifs is 5. The standard InChI is InChI=1S/C23H22ClN5O5/c1-10(30)14-7-15(28-27-14)19(31)26-16-8-22(2)17-18(23(16,3)34-22)21(33)29(20(17)32)12-5-4-11(9-25)13(24)6-12/h4-7,10,16-18,30H,8H2,1-3H3,(H,26,31)(H,27,28)/t10?,16-,17-,18+,22-,23+/m1/s1. The Bertz CT molecular complexity index is 1280. The molecule has 3 fully saturated rings. The van der Waals surface area contributed by atoms with Crippen LogP contribution in [0.2, 0.25) is 5.02 Å². The van der Waals surface area contributed by atoms with Gasteiger partial charge in [0, 0.05) is 6.42 Å². The summed E-state index contributed by atoms with van der Waals surface area (Å²) in [6.45, 7) is 5.07. The van der Waals surface area contributed by atoms with Crippen LogP contribution >= 0.6 is 11.6 Å². The number of imide groups is 1. The van der Waals surface area contributed by atoms with Crippen molar-refractivity contribution in [3.05, 3.63) is 46.2 Å². The molecule has 4 heterocycles. The predicted octanol–water partition coefficient (Wildman–Crippen LogP) is 1.84. The molecule has 0 saturated carbocycles. The number of ether oxygens (including phenoxy) is 1. The van der Waals surface area contributed by atoms with Gasteiger partial charge < -0.3 is 15.2 Å². The van der Waals surface area contributed by atoms with Crippen LogP contribution in [-0.2, 0) is 14.3 Å². The van der Waals surface area contributed by atoms with E-state index in [1.807, 2.05) is 6.07 Å². The Morgan fingerprint density at radius 1 is 1.35 bits per heavy atom. The molecule has 0 aliphatic carbocycles. The molecule has 2 aromatic rings. The molecule has 10 nitrogen and oxygen atoms in total. The maximum atomic E-state index is 13.5. The van der Waals surface area contributed by atoms with Gasteiger partial charge in [-0.3, -0.25) is 19.5 Å². The van der Waals surface area contributed by atoms with Crippen molar-refractivity contribution in [3.63, 3.8) is 0 Å². The number of rotatable bonds is 4. The van der Waals surface area contributed by atoms with Gasteiger partial charge in [-0.05, 0) is 45.0 Å². The Morgan fingerprint density at radius 3 is 2.68 bits per heavy atom. The highest BCUT2D eigenvalue weighted by Gasteiger charge is 2.76. The molecule has 0 spiro atoms. The van der Waals surface area contributed by atoms with Crippen LogP contribution in [0.1, 0.15) is 55.0 Å². The van der Waals surface area contributed by atoms with Crippen LogP contribution < -0.4 is 10.2 Å². The van der Waals surface area contributed by atoms with Crippen molar-refractivity contribution < 1.29 is 24.2 Å². The summed E-state index contributed by atoms with van der Waals surface area (Å²) >= 11 is 6.14. The van der Waals surface area contributed by atoms with Gasteiger partial charge >= 0.3 is 0 Å². The van der Waals surface area contributed by atoms with Gasteiger partial charge in [-0.15, -0.1) is 0 Å². The SMILES string of the molecule is CC(O)c1cc(C(=O)N[C@@H]2C[C@@]3(C)O[C@]2(C)[C@@H]2C(=O)N(c4ccc(C#N)c(Cl)c4)C(=O)[C@@H]23)n[nH]1. The average molecular weight is 484 g/mol. The number of aromatic nitrogens is 2. The van der Waals surface area contributed by atoms with Gasteiger partial charge in [0.25, 0.3) is 5.91 Å². The van der Waals surface area contributed by atoms with E-state index in [2.05, 4.69) is 15.5 Å².